The maximum absolute atomic E-state index is 12.6. The summed E-state index contributed by atoms with van der Waals surface area (Å²) in [5.41, 5.74) is 0.718. The first kappa shape index (κ1) is 17.8. The van der Waals surface area contributed by atoms with Gasteiger partial charge in [-0.15, -0.1) is 0 Å². The van der Waals surface area contributed by atoms with E-state index in [0.29, 0.717) is 31.7 Å². The lowest BCUT2D eigenvalue weighted by atomic mass is 10.1. The summed E-state index contributed by atoms with van der Waals surface area (Å²) in [4.78, 5) is 16.2. The number of anilines is 1. The number of benzene rings is 2. The Balaban J connectivity index is 1.61. The van der Waals surface area contributed by atoms with Gasteiger partial charge in [0.2, 0.25) is 0 Å². The molecule has 0 radical (unpaired) electrons. The Bertz CT molecular complexity index is 736. The number of amides is 1. The molecule has 25 heavy (non-hydrogen) atoms. The molecule has 2 aromatic carbocycles. The third-order valence-corrected chi connectivity index (χ3v) is 4.75. The van der Waals surface area contributed by atoms with E-state index >= 15 is 0 Å². The van der Waals surface area contributed by atoms with E-state index in [4.69, 9.17) is 0 Å². The fraction of sp³-hybridized carbons (Fsp3) is 0.278. The quantitative estimate of drug-likeness (QED) is 0.728. The average Bonchev–Trinajstić information content (AvgIpc) is 2.61. The molecule has 3 rings (SSSR count). The third-order valence-electron chi connectivity index (χ3n) is 4.22. The normalized spacial score (nSPS) is 15.4. The molecular formula is C18H16BrF3N2O. The van der Waals surface area contributed by atoms with Gasteiger partial charge in [0.15, 0.2) is 0 Å². The van der Waals surface area contributed by atoms with Gasteiger partial charge in [0.25, 0.3) is 5.91 Å². The maximum atomic E-state index is 12.6. The Hall–Kier alpha value is -2.02. The molecule has 7 heteroatoms. The Morgan fingerprint density at radius 2 is 1.44 bits per heavy atom. The molecule has 0 spiro atoms. The second-order valence-corrected chi connectivity index (χ2v) is 6.75. The fourth-order valence-corrected chi connectivity index (χ4v) is 3.07. The molecule has 132 valence electrons. The van der Waals surface area contributed by atoms with E-state index in [2.05, 4.69) is 15.9 Å². The topological polar surface area (TPSA) is 23.6 Å². The zero-order chi connectivity index (χ0) is 18.0. The highest BCUT2D eigenvalue weighted by Gasteiger charge is 2.30. The van der Waals surface area contributed by atoms with Crippen molar-refractivity contribution in [2.45, 2.75) is 6.18 Å². The van der Waals surface area contributed by atoms with E-state index in [9.17, 15) is 18.0 Å². The molecule has 0 N–H and O–H groups in total. The van der Waals surface area contributed by atoms with Gasteiger partial charge < -0.3 is 9.80 Å². The first-order valence-electron chi connectivity index (χ1n) is 7.81. The summed E-state index contributed by atoms with van der Waals surface area (Å²) in [5, 5.41) is 0. The molecular weight excluding hydrogens is 397 g/mol. The van der Waals surface area contributed by atoms with Gasteiger partial charge in [0.1, 0.15) is 0 Å². The third kappa shape index (κ3) is 4.15. The molecule has 1 aliphatic heterocycles. The lowest BCUT2D eigenvalue weighted by molar-refractivity contribution is -0.137. The number of halogens is 4. The molecule has 1 heterocycles. The molecule has 0 aliphatic carbocycles. The standard InChI is InChI=1S/C18H16BrF3N2O/c19-15-5-1-13(2-6-15)17(25)24-11-9-23(10-12-24)16-7-3-14(4-8-16)18(20,21)22/h1-8H,9-12H2. The summed E-state index contributed by atoms with van der Waals surface area (Å²) in [6.45, 7) is 2.26. The number of hydrogen-bond donors (Lipinski definition) is 0. The molecule has 3 nitrogen and oxygen atoms in total. The largest absolute Gasteiger partial charge is 0.416 e. The van der Waals surface area contributed by atoms with Gasteiger partial charge in [-0.05, 0) is 48.5 Å². The van der Waals surface area contributed by atoms with Gasteiger partial charge in [0.05, 0.1) is 5.56 Å². The number of rotatable bonds is 2. The van der Waals surface area contributed by atoms with Gasteiger partial charge in [-0.2, -0.15) is 13.2 Å². The molecule has 2 aromatic rings. The lowest BCUT2D eigenvalue weighted by Crippen LogP contribution is -2.48. The van der Waals surface area contributed by atoms with Crippen molar-refractivity contribution in [1.29, 1.82) is 0 Å². The lowest BCUT2D eigenvalue weighted by Gasteiger charge is -2.36. The van der Waals surface area contributed by atoms with E-state index < -0.39 is 11.7 Å². The van der Waals surface area contributed by atoms with Crippen LogP contribution in [0.1, 0.15) is 15.9 Å². The number of carbonyl (C=O) groups excluding carboxylic acids is 1. The molecule has 0 saturated carbocycles. The van der Waals surface area contributed by atoms with Gasteiger partial charge in [-0.1, -0.05) is 15.9 Å². The van der Waals surface area contributed by atoms with Crippen molar-refractivity contribution in [2.24, 2.45) is 0 Å². The van der Waals surface area contributed by atoms with Crippen molar-refractivity contribution in [1.82, 2.24) is 4.90 Å². The maximum Gasteiger partial charge on any atom is 0.416 e. The smallest absolute Gasteiger partial charge is 0.368 e. The number of carbonyl (C=O) groups is 1. The summed E-state index contributed by atoms with van der Waals surface area (Å²) in [6, 6.07) is 12.3. The molecule has 0 unspecified atom stereocenters. The van der Waals surface area contributed by atoms with E-state index in [1.807, 2.05) is 17.0 Å². The van der Waals surface area contributed by atoms with E-state index in [-0.39, 0.29) is 5.91 Å². The Morgan fingerprint density at radius 1 is 0.880 bits per heavy atom. The molecule has 1 saturated heterocycles. The van der Waals surface area contributed by atoms with Gasteiger partial charge in [0, 0.05) is 41.9 Å². The summed E-state index contributed by atoms with van der Waals surface area (Å²) < 4.78 is 38.8. The van der Waals surface area contributed by atoms with E-state index in [0.717, 1.165) is 22.3 Å². The second-order valence-electron chi connectivity index (χ2n) is 5.83. The summed E-state index contributed by atoms with van der Waals surface area (Å²) >= 11 is 3.34. The predicted octanol–water partition coefficient (Wildman–Crippen LogP) is 4.43. The molecule has 1 amide bonds. The van der Waals surface area contributed by atoms with Crippen LogP contribution in [0.25, 0.3) is 0 Å². The molecule has 1 fully saturated rings. The van der Waals surface area contributed by atoms with E-state index in [1.165, 1.54) is 12.1 Å². The first-order chi connectivity index (χ1) is 11.8. The van der Waals surface area contributed by atoms with Gasteiger partial charge >= 0.3 is 6.18 Å². The summed E-state index contributed by atoms with van der Waals surface area (Å²) in [6.07, 6.45) is -4.33. The Morgan fingerprint density at radius 3 is 1.96 bits per heavy atom. The number of piperazine rings is 1. The van der Waals surface area contributed by atoms with Crippen molar-refractivity contribution >= 4 is 27.5 Å². The SMILES string of the molecule is O=C(c1ccc(Br)cc1)N1CCN(c2ccc(C(F)(F)F)cc2)CC1. The van der Waals surface area contributed by atoms with Gasteiger partial charge in [-0.25, -0.2) is 0 Å². The number of alkyl halides is 3. The van der Waals surface area contributed by atoms with Crippen molar-refractivity contribution in [3.63, 3.8) is 0 Å². The zero-order valence-electron chi connectivity index (χ0n) is 13.3. The second kappa shape index (κ2) is 7.07. The van der Waals surface area contributed by atoms with Crippen LogP contribution in [0.3, 0.4) is 0 Å². The van der Waals surface area contributed by atoms with Crippen LogP contribution in [0.5, 0.6) is 0 Å². The minimum Gasteiger partial charge on any atom is -0.368 e. The van der Waals surface area contributed by atoms with Crippen LogP contribution < -0.4 is 4.90 Å². The van der Waals surface area contributed by atoms with Crippen LogP contribution in [-0.4, -0.2) is 37.0 Å². The van der Waals surface area contributed by atoms with Crippen LogP contribution in [0.15, 0.2) is 53.0 Å². The average molecular weight is 413 g/mol. The fourth-order valence-electron chi connectivity index (χ4n) is 2.80. The van der Waals surface area contributed by atoms with E-state index in [1.54, 1.807) is 17.0 Å². The highest BCUT2D eigenvalue weighted by atomic mass is 79.9. The number of hydrogen-bond acceptors (Lipinski definition) is 2. The minimum absolute atomic E-state index is 0.0282. The molecule has 0 atom stereocenters. The van der Waals surface area contributed by atoms with Crippen molar-refractivity contribution in [2.75, 3.05) is 31.1 Å². The number of nitrogens with zero attached hydrogens (tertiary/aromatic N) is 2. The van der Waals surface area contributed by atoms with Gasteiger partial charge in [-0.3, -0.25) is 4.79 Å². The molecule has 0 aromatic heterocycles. The summed E-state index contributed by atoms with van der Waals surface area (Å²) in [5.74, 6) is -0.0282. The molecule has 0 bridgehead atoms. The molecule has 1 aliphatic rings. The van der Waals surface area contributed by atoms with Crippen LogP contribution >= 0.6 is 15.9 Å². The first-order valence-corrected chi connectivity index (χ1v) is 8.61. The zero-order valence-corrected chi connectivity index (χ0v) is 14.8. The summed E-state index contributed by atoms with van der Waals surface area (Å²) in [7, 11) is 0. The van der Waals surface area contributed by atoms with Crippen LogP contribution in [0.2, 0.25) is 0 Å². The van der Waals surface area contributed by atoms with Crippen LogP contribution in [0, 0.1) is 0 Å². The van der Waals surface area contributed by atoms with Crippen LogP contribution in [-0.2, 0) is 6.18 Å². The van der Waals surface area contributed by atoms with Crippen molar-refractivity contribution in [3.8, 4) is 0 Å². The van der Waals surface area contributed by atoms with Crippen LogP contribution in [0.4, 0.5) is 18.9 Å². The minimum atomic E-state index is -4.33. The monoisotopic (exact) mass is 412 g/mol. The van der Waals surface area contributed by atoms with Crippen molar-refractivity contribution in [3.05, 3.63) is 64.1 Å². The Kier molecular flexibility index (Phi) is 5.03. The van der Waals surface area contributed by atoms with Crippen molar-refractivity contribution < 1.29 is 18.0 Å². The Labute approximate surface area is 152 Å². The predicted molar refractivity (Wildman–Crippen MR) is 93.7 cm³/mol. The highest BCUT2D eigenvalue weighted by Crippen LogP contribution is 2.30. The highest BCUT2D eigenvalue weighted by molar-refractivity contribution is 9.10.